The predicted molar refractivity (Wildman–Crippen MR) is 101 cm³/mol. The summed E-state index contributed by atoms with van der Waals surface area (Å²) in [4.78, 5) is 14.4. The highest BCUT2D eigenvalue weighted by Crippen LogP contribution is 2.75. The lowest BCUT2D eigenvalue weighted by molar-refractivity contribution is -0.156. The molecule has 5 aliphatic rings. The molecule has 0 bridgehead atoms. The van der Waals surface area contributed by atoms with E-state index in [0.29, 0.717) is 22.8 Å². The average Bonchev–Trinajstić information content (AvgIpc) is 3.15. The van der Waals surface area contributed by atoms with Crippen LogP contribution in [0.5, 0.6) is 0 Å². The minimum atomic E-state index is 0.385. The van der Waals surface area contributed by atoms with E-state index in [9.17, 15) is 4.79 Å². The zero-order valence-corrected chi connectivity index (χ0v) is 16.8. The summed E-state index contributed by atoms with van der Waals surface area (Å²) in [7, 11) is 2.08. The van der Waals surface area contributed by atoms with Crippen molar-refractivity contribution in [3.8, 4) is 0 Å². The van der Waals surface area contributed by atoms with E-state index in [1.165, 1.54) is 44.9 Å². The lowest BCUT2D eigenvalue weighted by Gasteiger charge is -2.61. The first-order valence-corrected chi connectivity index (χ1v) is 11.1. The fourth-order valence-corrected chi connectivity index (χ4v) is 8.95. The van der Waals surface area contributed by atoms with Crippen molar-refractivity contribution >= 4 is 5.91 Å². The summed E-state index contributed by atoms with van der Waals surface area (Å²) in [5, 5.41) is 0. The molecule has 8 atom stereocenters. The van der Waals surface area contributed by atoms with Crippen LogP contribution in [0.15, 0.2) is 0 Å². The molecule has 4 aliphatic carbocycles. The van der Waals surface area contributed by atoms with Crippen molar-refractivity contribution in [1.29, 1.82) is 0 Å². The smallest absolute Gasteiger partial charge is 0.222 e. The first-order chi connectivity index (χ1) is 11.8. The van der Waals surface area contributed by atoms with Crippen LogP contribution in [0, 0.1) is 39.9 Å². The van der Waals surface area contributed by atoms with Gasteiger partial charge in [-0.25, -0.2) is 0 Å². The van der Waals surface area contributed by atoms with Crippen LogP contribution >= 0.6 is 0 Å². The van der Waals surface area contributed by atoms with E-state index >= 15 is 0 Å². The number of rotatable bonds is 1. The molecule has 4 saturated carbocycles. The van der Waals surface area contributed by atoms with Crippen molar-refractivity contribution < 1.29 is 4.79 Å². The number of piperidine rings is 1. The third-order valence-electron chi connectivity index (χ3n) is 10.3. The van der Waals surface area contributed by atoms with Gasteiger partial charge in [-0.1, -0.05) is 27.2 Å². The quantitative estimate of drug-likeness (QED) is 0.635. The highest BCUT2D eigenvalue weighted by molar-refractivity contribution is 5.77. The van der Waals surface area contributed by atoms with Gasteiger partial charge in [-0.15, -0.1) is 0 Å². The zero-order valence-electron chi connectivity index (χ0n) is 16.8. The molecule has 1 aliphatic heterocycles. The van der Waals surface area contributed by atoms with Gasteiger partial charge in [-0.2, -0.15) is 0 Å². The maximum Gasteiger partial charge on any atom is 0.222 e. The molecule has 0 aromatic heterocycles. The molecule has 1 amide bonds. The molecule has 1 spiro atoms. The number of fused-ring (bicyclic) bond motifs is 5. The van der Waals surface area contributed by atoms with Gasteiger partial charge >= 0.3 is 0 Å². The molecule has 140 valence electrons. The minimum Gasteiger partial charge on any atom is -0.342 e. The topological polar surface area (TPSA) is 20.3 Å². The summed E-state index contributed by atoms with van der Waals surface area (Å²) in [6.07, 6.45) is 13.5. The Morgan fingerprint density at radius 3 is 2.60 bits per heavy atom. The molecule has 0 aromatic carbocycles. The van der Waals surface area contributed by atoms with Crippen molar-refractivity contribution in [2.45, 2.75) is 91.0 Å². The molecule has 0 aromatic rings. The molecule has 1 heterocycles. The number of amides is 1. The molecule has 5 fully saturated rings. The molecule has 0 N–H and O–H groups in total. The Morgan fingerprint density at radius 2 is 1.88 bits per heavy atom. The lowest BCUT2D eigenvalue weighted by atomic mass is 9.47. The third-order valence-corrected chi connectivity index (χ3v) is 10.3. The maximum atomic E-state index is 12.3. The normalized spacial score (nSPS) is 57.2. The van der Waals surface area contributed by atoms with Crippen LogP contribution in [0.4, 0.5) is 0 Å². The van der Waals surface area contributed by atoms with E-state index in [1.54, 1.807) is 6.42 Å². The molecule has 5 unspecified atom stereocenters. The van der Waals surface area contributed by atoms with E-state index in [4.69, 9.17) is 0 Å². The van der Waals surface area contributed by atoms with Crippen LogP contribution in [0.1, 0.15) is 85.0 Å². The van der Waals surface area contributed by atoms with Gasteiger partial charge in [-0.3, -0.25) is 4.79 Å². The van der Waals surface area contributed by atoms with Gasteiger partial charge in [0.1, 0.15) is 0 Å². The van der Waals surface area contributed by atoms with E-state index in [0.717, 1.165) is 41.9 Å². The number of likely N-dealkylation sites (tertiary alicyclic amines) is 1. The van der Waals surface area contributed by atoms with Crippen molar-refractivity contribution in [2.24, 2.45) is 39.9 Å². The fourth-order valence-electron chi connectivity index (χ4n) is 8.95. The van der Waals surface area contributed by atoms with Gasteiger partial charge in [0.2, 0.25) is 5.91 Å². The summed E-state index contributed by atoms with van der Waals surface area (Å²) >= 11 is 0. The van der Waals surface area contributed by atoms with Crippen LogP contribution in [0.25, 0.3) is 0 Å². The van der Waals surface area contributed by atoms with Crippen LogP contribution in [-0.4, -0.2) is 23.9 Å². The first kappa shape index (κ1) is 16.6. The van der Waals surface area contributed by atoms with Crippen molar-refractivity contribution in [2.75, 3.05) is 7.05 Å². The van der Waals surface area contributed by atoms with Crippen molar-refractivity contribution in [3.05, 3.63) is 0 Å². The van der Waals surface area contributed by atoms with Gasteiger partial charge in [0.15, 0.2) is 0 Å². The molecular weight excluding hydrogens is 306 g/mol. The molecule has 0 radical (unpaired) electrons. The maximum absolute atomic E-state index is 12.3. The number of carbonyl (C=O) groups is 1. The number of nitrogens with zero attached hydrogens (tertiary/aromatic N) is 1. The Labute approximate surface area is 154 Å². The molecule has 25 heavy (non-hydrogen) atoms. The van der Waals surface area contributed by atoms with Crippen LogP contribution in [0.2, 0.25) is 0 Å². The summed E-state index contributed by atoms with van der Waals surface area (Å²) < 4.78 is 0. The Balaban J connectivity index is 1.44. The van der Waals surface area contributed by atoms with Gasteiger partial charge in [0, 0.05) is 19.5 Å². The third kappa shape index (κ3) is 2.06. The Hall–Kier alpha value is -0.530. The second kappa shape index (κ2) is 5.04. The lowest BCUT2D eigenvalue weighted by Crippen LogP contribution is -2.61. The van der Waals surface area contributed by atoms with Crippen molar-refractivity contribution in [1.82, 2.24) is 4.90 Å². The number of carbonyl (C=O) groups excluding carboxylic acids is 1. The zero-order chi connectivity index (χ0) is 17.6. The monoisotopic (exact) mass is 343 g/mol. The minimum absolute atomic E-state index is 0.385. The molecule has 1 saturated heterocycles. The SMILES string of the molecule is CC[C@@H]1C[C@]12CC1C3CC[C@H]4N(C)C(=O)CCC4(C)C3CCC1(C)C2. The van der Waals surface area contributed by atoms with E-state index in [1.807, 2.05) is 0 Å². The summed E-state index contributed by atoms with van der Waals surface area (Å²) in [5.74, 6) is 4.22. The second-order valence-electron chi connectivity index (χ2n) is 11.2. The predicted octanol–water partition coefficient (Wildman–Crippen LogP) is 5.27. The largest absolute Gasteiger partial charge is 0.342 e. The highest BCUT2D eigenvalue weighted by atomic mass is 16.2. The standard InChI is InChI=1S/C23H37NO/c1-5-15-12-23(15)13-18-16-6-7-19-22(3,11-9-20(25)24(19)4)17(16)8-10-21(18,2)14-23/h15-19H,5-14H2,1-4H3/t15-,16?,17?,18?,19-,21?,22?,23-/m1/s1. The van der Waals surface area contributed by atoms with Crippen LogP contribution in [-0.2, 0) is 4.79 Å². The Morgan fingerprint density at radius 1 is 1.08 bits per heavy atom. The van der Waals surface area contributed by atoms with E-state index in [-0.39, 0.29) is 0 Å². The fraction of sp³-hybridized carbons (Fsp3) is 0.957. The molecule has 2 nitrogen and oxygen atoms in total. The summed E-state index contributed by atoms with van der Waals surface area (Å²) in [6, 6.07) is 0.513. The molecular formula is C23H37NO. The van der Waals surface area contributed by atoms with Gasteiger partial charge in [0.25, 0.3) is 0 Å². The van der Waals surface area contributed by atoms with E-state index < -0.39 is 0 Å². The second-order valence-corrected chi connectivity index (χ2v) is 11.2. The van der Waals surface area contributed by atoms with Crippen LogP contribution in [0.3, 0.4) is 0 Å². The highest BCUT2D eigenvalue weighted by Gasteiger charge is 2.67. The summed E-state index contributed by atoms with van der Waals surface area (Å²) in [6.45, 7) is 7.61. The van der Waals surface area contributed by atoms with Crippen LogP contribution < -0.4 is 0 Å². The Kier molecular flexibility index (Phi) is 3.36. The summed E-state index contributed by atoms with van der Waals surface area (Å²) in [5.41, 5.74) is 1.77. The van der Waals surface area contributed by atoms with Gasteiger partial charge < -0.3 is 4.90 Å². The number of hydrogen-bond donors (Lipinski definition) is 0. The molecule has 5 rings (SSSR count). The molecule has 2 heteroatoms. The first-order valence-electron chi connectivity index (χ1n) is 11.1. The van der Waals surface area contributed by atoms with Gasteiger partial charge in [0.05, 0.1) is 0 Å². The van der Waals surface area contributed by atoms with Crippen molar-refractivity contribution in [3.63, 3.8) is 0 Å². The number of hydrogen-bond acceptors (Lipinski definition) is 1. The Bertz CT molecular complexity index is 601. The van der Waals surface area contributed by atoms with E-state index in [2.05, 4.69) is 32.7 Å². The van der Waals surface area contributed by atoms with Gasteiger partial charge in [-0.05, 0) is 91.3 Å². The average molecular weight is 344 g/mol.